The predicted molar refractivity (Wildman–Crippen MR) is 76.5 cm³/mol. The van der Waals surface area contributed by atoms with Gasteiger partial charge in [0.1, 0.15) is 12.4 Å². The fourth-order valence-corrected chi connectivity index (χ4v) is 1.98. The van der Waals surface area contributed by atoms with Crippen LogP contribution in [0.2, 0.25) is 0 Å². The minimum Gasteiger partial charge on any atom is -0.488 e. The van der Waals surface area contributed by atoms with Gasteiger partial charge in [-0.3, -0.25) is 10.1 Å². The van der Waals surface area contributed by atoms with E-state index in [-0.39, 0.29) is 12.2 Å². The van der Waals surface area contributed by atoms with Crippen LogP contribution < -0.4 is 10.5 Å². The maximum absolute atomic E-state index is 13.9. The van der Waals surface area contributed by atoms with Crippen LogP contribution >= 0.6 is 0 Å². The first-order valence-corrected chi connectivity index (χ1v) is 6.37. The van der Waals surface area contributed by atoms with Crippen LogP contribution in [0.3, 0.4) is 0 Å². The Balaban J connectivity index is 2.21. The summed E-state index contributed by atoms with van der Waals surface area (Å²) in [7, 11) is 0. The van der Waals surface area contributed by atoms with E-state index in [1.54, 1.807) is 6.07 Å². The molecular formula is C15H15FN2O3. The molecule has 0 spiro atoms. The molecule has 2 aromatic rings. The Morgan fingerprint density at radius 3 is 2.71 bits per heavy atom. The fraction of sp³-hybridized carbons (Fsp3) is 0.200. The third-order valence-electron chi connectivity index (χ3n) is 3.07. The predicted octanol–water partition coefficient (Wildman–Crippen LogP) is 3.08. The van der Waals surface area contributed by atoms with E-state index in [9.17, 15) is 14.5 Å². The lowest BCUT2D eigenvalue weighted by Gasteiger charge is -2.11. The van der Waals surface area contributed by atoms with Gasteiger partial charge in [-0.2, -0.15) is 4.39 Å². The van der Waals surface area contributed by atoms with Crippen molar-refractivity contribution in [2.45, 2.75) is 20.1 Å². The lowest BCUT2D eigenvalue weighted by atomic mass is 10.1. The third-order valence-corrected chi connectivity index (χ3v) is 3.07. The highest BCUT2D eigenvalue weighted by Gasteiger charge is 2.17. The number of hydrogen-bond donors (Lipinski definition) is 1. The van der Waals surface area contributed by atoms with Crippen molar-refractivity contribution in [1.29, 1.82) is 0 Å². The zero-order chi connectivity index (χ0) is 15.4. The molecule has 21 heavy (non-hydrogen) atoms. The number of rotatable bonds is 5. The van der Waals surface area contributed by atoms with Crippen molar-refractivity contribution in [1.82, 2.24) is 0 Å². The van der Waals surface area contributed by atoms with Crippen LogP contribution in [0, 0.1) is 22.9 Å². The van der Waals surface area contributed by atoms with Gasteiger partial charge in [-0.15, -0.1) is 0 Å². The van der Waals surface area contributed by atoms with Crippen LogP contribution in [0.25, 0.3) is 0 Å². The molecule has 2 aromatic carbocycles. The molecule has 0 amide bonds. The first-order valence-electron chi connectivity index (χ1n) is 6.37. The Morgan fingerprint density at radius 1 is 1.29 bits per heavy atom. The van der Waals surface area contributed by atoms with Gasteiger partial charge in [-0.1, -0.05) is 29.8 Å². The van der Waals surface area contributed by atoms with Gasteiger partial charge in [0.25, 0.3) is 0 Å². The van der Waals surface area contributed by atoms with Crippen LogP contribution in [0.15, 0.2) is 36.4 Å². The smallest absolute Gasteiger partial charge is 0.305 e. The summed E-state index contributed by atoms with van der Waals surface area (Å²) in [6, 6.07) is 9.51. The number of benzene rings is 2. The molecule has 0 unspecified atom stereocenters. The molecule has 0 atom stereocenters. The molecule has 0 bridgehead atoms. The normalized spacial score (nSPS) is 10.4. The molecule has 2 N–H and O–H groups in total. The number of nitrogens with zero attached hydrogens (tertiary/aromatic N) is 1. The van der Waals surface area contributed by atoms with Gasteiger partial charge in [0.15, 0.2) is 0 Å². The summed E-state index contributed by atoms with van der Waals surface area (Å²) in [6.45, 7) is 2.14. The van der Waals surface area contributed by atoms with Crippen molar-refractivity contribution >= 4 is 5.69 Å². The van der Waals surface area contributed by atoms with Crippen LogP contribution in [-0.4, -0.2) is 4.92 Å². The fourth-order valence-electron chi connectivity index (χ4n) is 1.98. The molecule has 5 nitrogen and oxygen atoms in total. The van der Waals surface area contributed by atoms with Gasteiger partial charge in [0.05, 0.1) is 4.92 Å². The van der Waals surface area contributed by atoms with Gasteiger partial charge >= 0.3 is 5.69 Å². The largest absolute Gasteiger partial charge is 0.488 e. The zero-order valence-electron chi connectivity index (χ0n) is 11.5. The van der Waals surface area contributed by atoms with E-state index in [0.29, 0.717) is 12.3 Å². The van der Waals surface area contributed by atoms with Gasteiger partial charge in [-0.05, 0) is 13.0 Å². The molecule has 2 rings (SSSR count). The van der Waals surface area contributed by atoms with Crippen LogP contribution in [0.4, 0.5) is 10.1 Å². The van der Waals surface area contributed by atoms with E-state index in [1.807, 2.05) is 19.1 Å². The second-order valence-electron chi connectivity index (χ2n) is 4.61. The molecular weight excluding hydrogens is 275 g/mol. The zero-order valence-corrected chi connectivity index (χ0v) is 11.5. The highest BCUT2D eigenvalue weighted by atomic mass is 19.1. The molecule has 0 radical (unpaired) electrons. The second kappa shape index (κ2) is 6.32. The van der Waals surface area contributed by atoms with Crippen molar-refractivity contribution < 1.29 is 14.1 Å². The van der Waals surface area contributed by atoms with Gasteiger partial charge in [0.2, 0.25) is 5.82 Å². The third kappa shape index (κ3) is 3.35. The van der Waals surface area contributed by atoms with Crippen LogP contribution in [0.5, 0.6) is 5.75 Å². The lowest BCUT2D eigenvalue weighted by Crippen LogP contribution is -2.05. The Morgan fingerprint density at radius 2 is 2.05 bits per heavy atom. The molecule has 0 aliphatic carbocycles. The number of ether oxygens (including phenoxy) is 1. The number of halogens is 1. The van der Waals surface area contributed by atoms with E-state index in [0.717, 1.165) is 17.2 Å². The summed E-state index contributed by atoms with van der Waals surface area (Å²) in [4.78, 5) is 9.94. The molecule has 6 heteroatoms. The van der Waals surface area contributed by atoms with E-state index in [4.69, 9.17) is 10.5 Å². The summed E-state index contributed by atoms with van der Waals surface area (Å²) in [5, 5.41) is 10.7. The standard InChI is InChI=1S/C15H15FN2O3/c1-10-5-6-14(12(7-10)8-17)21-9-11-3-2-4-13(15(11)16)18(19)20/h2-7H,8-9,17H2,1H3. The lowest BCUT2D eigenvalue weighted by molar-refractivity contribution is -0.387. The quantitative estimate of drug-likeness (QED) is 0.678. The average molecular weight is 290 g/mol. The van der Waals surface area contributed by atoms with Crippen molar-refractivity contribution in [2.24, 2.45) is 5.73 Å². The van der Waals surface area contributed by atoms with Gasteiger partial charge < -0.3 is 10.5 Å². The molecule has 0 aliphatic rings. The molecule has 0 aromatic heterocycles. The van der Waals surface area contributed by atoms with E-state index < -0.39 is 16.4 Å². The Bertz CT molecular complexity index is 674. The van der Waals surface area contributed by atoms with Crippen LogP contribution in [0.1, 0.15) is 16.7 Å². The Hall–Kier alpha value is -2.47. The SMILES string of the molecule is Cc1ccc(OCc2cccc([N+](=O)[O-])c2F)c(CN)c1. The minimum atomic E-state index is -0.871. The molecule has 0 saturated heterocycles. The Kier molecular flexibility index (Phi) is 4.49. The van der Waals surface area contributed by atoms with E-state index >= 15 is 0 Å². The van der Waals surface area contributed by atoms with Crippen molar-refractivity contribution in [3.63, 3.8) is 0 Å². The Labute approximate surface area is 121 Å². The summed E-state index contributed by atoms with van der Waals surface area (Å²) < 4.78 is 19.5. The molecule has 0 heterocycles. The van der Waals surface area contributed by atoms with Crippen molar-refractivity contribution in [3.05, 3.63) is 69.0 Å². The van der Waals surface area contributed by atoms with E-state index in [1.165, 1.54) is 12.1 Å². The summed E-state index contributed by atoms with van der Waals surface area (Å²) in [5.74, 6) is -0.321. The van der Waals surface area contributed by atoms with Crippen molar-refractivity contribution in [3.8, 4) is 5.75 Å². The molecule has 0 fully saturated rings. The minimum absolute atomic E-state index is 0.0937. The average Bonchev–Trinajstić information content (AvgIpc) is 2.46. The first kappa shape index (κ1) is 14.9. The summed E-state index contributed by atoms with van der Waals surface area (Å²) >= 11 is 0. The molecule has 110 valence electrons. The van der Waals surface area contributed by atoms with Gasteiger partial charge in [0, 0.05) is 23.7 Å². The maximum Gasteiger partial charge on any atom is 0.305 e. The number of nitrogens with two attached hydrogens (primary N) is 1. The highest BCUT2D eigenvalue weighted by molar-refractivity contribution is 5.39. The maximum atomic E-state index is 13.9. The highest BCUT2D eigenvalue weighted by Crippen LogP contribution is 2.24. The number of nitro benzene ring substituents is 1. The van der Waals surface area contributed by atoms with Crippen LogP contribution in [-0.2, 0) is 13.2 Å². The number of aryl methyl sites for hydroxylation is 1. The summed E-state index contributed by atoms with van der Waals surface area (Å²) in [6.07, 6.45) is 0. The number of hydrogen-bond acceptors (Lipinski definition) is 4. The molecule has 0 aliphatic heterocycles. The first-order chi connectivity index (χ1) is 10.0. The van der Waals surface area contributed by atoms with Crippen molar-refractivity contribution in [2.75, 3.05) is 0 Å². The topological polar surface area (TPSA) is 78.4 Å². The van der Waals surface area contributed by atoms with Gasteiger partial charge in [-0.25, -0.2) is 0 Å². The summed E-state index contributed by atoms with van der Waals surface area (Å²) in [5.41, 5.74) is 7.07. The number of nitro groups is 1. The second-order valence-corrected chi connectivity index (χ2v) is 4.61. The monoisotopic (exact) mass is 290 g/mol. The molecule has 0 saturated carbocycles. The van der Waals surface area contributed by atoms with E-state index in [2.05, 4.69) is 0 Å².